The molecule has 6 heteroatoms. The van der Waals surface area contributed by atoms with Gasteiger partial charge in [-0.25, -0.2) is 0 Å². The maximum atomic E-state index is 13.1. The Kier molecular flexibility index (Phi) is 5.43. The first-order valence-corrected chi connectivity index (χ1v) is 10.4. The van der Waals surface area contributed by atoms with E-state index in [1.165, 1.54) is 16.0 Å². The summed E-state index contributed by atoms with van der Waals surface area (Å²) in [6, 6.07) is 12.4. The fourth-order valence-electron chi connectivity index (χ4n) is 4.41. The summed E-state index contributed by atoms with van der Waals surface area (Å²) in [6.45, 7) is 1.58. The molecule has 0 fully saturated rings. The second-order valence-corrected chi connectivity index (χ2v) is 7.86. The maximum absolute atomic E-state index is 13.1. The summed E-state index contributed by atoms with van der Waals surface area (Å²) in [5.41, 5.74) is 1.69. The van der Waals surface area contributed by atoms with Gasteiger partial charge in [-0.1, -0.05) is 30.3 Å². The molecular formula is C24H25NO5. The number of nitrogens with zero attached hydrogens (tertiary/aromatic N) is 1. The van der Waals surface area contributed by atoms with E-state index in [1.807, 2.05) is 12.1 Å². The van der Waals surface area contributed by atoms with Crippen molar-refractivity contribution in [3.8, 4) is 0 Å². The summed E-state index contributed by atoms with van der Waals surface area (Å²) in [5.74, 6) is -1.54. The first-order chi connectivity index (χ1) is 14.4. The number of para-hydroxylation sites is 1. The van der Waals surface area contributed by atoms with Crippen LogP contribution in [0.15, 0.2) is 42.5 Å². The van der Waals surface area contributed by atoms with Crippen molar-refractivity contribution in [2.75, 3.05) is 18.1 Å². The molecule has 6 nitrogen and oxygen atoms in total. The van der Waals surface area contributed by atoms with Crippen LogP contribution in [0, 0.1) is 0 Å². The van der Waals surface area contributed by atoms with E-state index in [1.54, 1.807) is 37.3 Å². The zero-order chi connectivity index (χ0) is 21.3. The first kappa shape index (κ1) is 20.3. The lowest BCUT2D eigenvalue weighted by Crippen LogP contribution is -2.44. The van der Waals surface area contributed by atoms with Crippen LogP contribution in [0.25, 0.3) is 0 Å². The fourth-order valence-corrected chi connectivity index (χ4v) is 4.41. The predicted octanol–water partition coefficient (Wildman–Crippen LogP) is 2.94. The third-order valence-electron chi connectivity index (χ3n) is 5.92. The highest BCUT2D eigenvalue weighted by Gasteiger charge is 2.51. The minimum atomic E-state index is -2.00. The summed E-state index contributed by atoms with van der Waals surface area (Å²) in [7, 11) is 0. The molecule has 0 bridgehead atoms. The Morgan fingerprint density at radius 2 is 1.83 bits per heavy atom. The van der Waals surface area contributed by atoms with Gasteiger partial charge in [-0.05, 0) is 55.9 Å². The minimum absolute atomic E-state index is 0.198. The van der Waals surface area contributed by atoms with Crippen molar-refractivity contribution >= 4 is 23.3 Å². The fraction of sp³-hybridized carbons (Fsp3) is 0.375. The number of fused-ring (bicyclic) bond motifs is 2. The molecule has 1 amide bonds. The number of Topliss-reactive ketones (excluding diaryl/α,β-unsaturated/α-hetero) is 1. The lowest BCUT2D eigenvalue weighted by Gasteiger charge is -2.23. The smallest absolute Gasteiger partial charge is 0.326 e. The second kappa shape index (κ2) is 8.03. The molecule has 0 radical (unpaired) electrons. The monoisotopic (exact) mass is 407 g/mol. The Bertz CT molecular complexity index is 1010. The molecule has 0 aromatic heterocycles. The number of carbonyl (C=O) groups excluding carboxylic acids is 3. The molecule has 1 atom stereocenters. The molecule has 1 aliphatic heterocycles. The summed E-state index contributed by atoms with van der Waals surface area (Å²) >= 11 is 0. The van der Waals surface area contributed by atoms with Crippen LogP contribution in [0.4, 0.5) is 5.69 Å². The zero-order valence-electron chi connectivity index (χ0n) is 17.0. The molecule has 1 aliphatic carbocycles. The quantitative estimate of drug-likeness (QED) is 0.588. The molecule has 156 valence electrons. The molecule has 30 heavy (non-hydrogen) atoms. The van der Waals surface area contributed by atoms with Crippen LogP contribution in [-0.2, 0) is 32.8 Å². The van der Waals surface area contributed by atoms with E-state index >= 15 is 0 Å². The molecule has 0 spiro atoms. The number of ketones is 1. The predicted molar refractivity (Wildman–Crippen MR) is 111 cm³/mol. The summed E-state index contributed by atoms with van der Waals surface area (Å²) in [6.07, 6.45) is 3.84. The highest BCUT2D eigenvalue weighted by atomic mass is 16.5. The highest BCUT2D eigenvalue weighted by molar-refractivity contribution is 6.12. The minimum Gasteiger partial charge on any atom is -0.465 e. The molecule has 1 N–H and O–H groups in total. The molecule has 4 rings (SSSR count). The van der Waals surface area contributed by atoms with E-state index in [-0.39, 0.29) is 25.4 Å². The van der Waals surface area contributed by atoms with Gasteiger partial charge < -0.3 is 9.84 Å². The molecule has 0 unspecified atom stereocenters. The Labute approximate surface area is 175 Å². The number of benzene rings is 2. The van der Waals surface area contributed by atoms with Crippen LogP contribution in [0.5, 0.6) is 0 Å². The lowest BCUT2D eigenvalue weighted by atomic mass is 9.85. The normalized spacial score (nSPS) is 19.9. The number of carbonyl (C=O) groups is 3. The van der Waals surface area contributed by atoms with Crippen molar-refractivity contribution in [2.24, 2.45) is 0 Å². The Morgan fingerprint density at radius 3 is 2.60 bits per heavy atom. The number of hydrogen-bond acceptors (Lipinski definition) is 5. The Hall–Kier alpha value is -2.99. The van der Waals surface area contributed by atoms with E-state index in [4.69, 9.17) is 4.74 Å². The van der Waals surface area contributed by atoms with Crippen molar-refractivity contribution in [2.45, 2.75) is 44.6 Å². The van der Waals surface area contributed by atoms with Crippen molar-refractivity contribution in [3.05, 3.63) is 64.7 Å². The van der Waals surface area contributed by atoms with Gasteiger partial charge in [0.25, 0.3) is 5.91 Å². The summed E-state index contributed by atoms with van der Waals surface area (Å²) in [5, 5.41) is 11.3. The topological polar surface area (TPSA) is 83.9 Å². The van der Waals surface area contributed by atoms with E-state index in [2.05, 4.69) is 0 Å². The number of aryl methyl sites for hydroxylation is 2. The first-order valence-electron chi connectivity index (χ1n) is 10.4. The molecule has 2 aliphatic rings. The third-order valence-corrected chi connectivity index (χ3v) is 5.92. The van der Waals surface area contributed by atoms with Gasteiger partial charge in [0.05, 0.1) is 18.7 Å². The van der Waals surface area contributed by atoms with Gasteiger partial charge in [0.15, 0.2) is 11.4 Å². The average Bonchev–Trinajstić information content (AvgIpc) is 2.95. The average molecular weight is 407 g/mol. The number of anilines is 1. The largest absolute Gasteiger partial charge is 0.465 e. The van der Waals surface area contributed by atoms with Gasteiger partial charge in [-0.2, -0.15) is 0 Å². The van der Waals surface area contributed by atoms with Gasteiger partial charge in [-0.15, -0.1) is 0 Å². The van der Waals surface area contributed by atoms with Gasteiger partial charge in [0.2, 0.25) is 0 Å². The van der Waals surface area contributed by atoms with Crippen LogP contribution in [0.3, 0.4) is 0 Å². The molecule has 0 saturated heterocycles. The molecule has 1 heterocycles. The Balaban J connectivity index is 1.62. The van der Waals surface area contributed by atoms with E-state index in [0.717, 1.165) is 25.7 Å². The second-order valence-electron chi connectivity index (χ2n) is 7.86. The zero-order valence-corrected chi connectivity index (χ0v) is 17.0. The standard InChI is InChI=1S/C24H25NO5/c1-2-30-22(27)15-25-20-10-6-5-9-19(20)24(29,23(25)28)14-21(26)18-12-11-16-7-3-4-8-17(16)13-18/h5-6,9-13,29H,2-4,7-8,14-15H2,1H3/t24-/m0/s1. The Morgan fingerprint density at radius 1 is 1.10 bits per heavy atom. The van der Waals surface area contributed by atoms with Gasteiger partial charge in [-0.3, -0.25) is 19.3 Å². The van der Waals surface area contributed by atoms with Crippen LogP contribution in [0.1, 0.15) is 53.2 Å². The number of esters is 1. The molecule has 0 saturated carbocycles. The van der Waals surface area contributed by atoms with Crippen molar-refractivity contribution in [1.82, 2.24) is 0 Å². The number of amides is 1. The number of aliphatic hydroxyl groups is 1. The van der Waals surface area contributed by atoms with E-state index < -0.39 is 17.5 Å². The van der Waals surface area contributed by atoms with Crippen molar-refractivity contribution < 1.29 is 24.2 Å². The third kappa shape index (κ3) is 3.52. The lowest BCUT2D eigenvalue weighted by molar-refractivity contribution is -0.144. The van der Waals surface area contributed by atoms with Crippen molar-refractivity contribution in [1.29, 1.82) is 0 Å². The summed E-state index contributed by atoms with van der Waals surface area (Å²) < 4.78 is 4.96. The number of hydrogen-bond donors (Lipinski definition) is 1. The maximum Gasteiger partial charge on any atom is 0.326 e. The highest BCUT2D eigenvalue weighted by Crippen LogP contribution is 2.42. The molecule has 2 aromatic carbocycles. The van der Waals surface area contributed by atoms with E-state index in [0.29, 0.717) is 16.8 Å². The molecular weight excluding hydrogens is 382 g/mol. The van der Waals surface area contributed by atoms with Gasteiger partial charge in [0.1, 0.15) is 6.54 Å². The van der Waals surface area contributed by atoms with E-state index in [9.17, 15) is 19.5 Å². The van der Waals surface area contributed by atoms with Gasteiger partial charge >= 0.3 is 5.97 Å². The SMILES string of the molecule is CCOC(=O)CN1C(=O)[C@](O)(CC(=O)c2ccc3c(c2)CCCC3)c2ccccc21. The van der Waals surface area contributed by atoms with Crippen molar-refractivity contribution in [3.63, 3.8) is 0 Å². The van der Waals surface area contributed by atoms with Crippen LogP contribution in [0.2, 0.25) is 0 Å². The summed E-state index contributed by atoms with van der Waals surface area (Å²) in [4.78, 5) is 39.4. The van der Waals surface area contributed by atoms with Gasteiger partial charge in [0, 0.05) is 11.1 Å². The van der Waals surface area contributed by atoms with Crippen LogP contribution >= 0.6 is 0 Å². The molecule has 2 aromatic rings. The number of rotatable bonds is 6. The van der Waals surface area contributed by atoms with Crippen LogP contribution in [-0.4, -0.2) is 35.9 Å². The van der Waals surface area contributed by atoms with Crippen LogP contribution < -0.4 is 4.90 Å². The number of ether oxygens (including phenoxy) is 1.